The summed E-state index contributed by atoms with van der Waals surface area (Å²) in [5.41, 5.74) is 3.14. The van der Waals surface area contributed by atoms with Gasteiger partial charge in [0.05, 0.1) is 24.6 Å². The maximum absolute atomic E-state index is 13.3. The van der Waals surface area contributed by atoms with Crippen LogP contribution < -0.4 is 4.90 Å². The van der Waals surface area contributed by atoms with Crippen molar-refractivity contribution in [3.63, 3.8) is 0 Å². The number of nitrogens with zero attached hydrogens (tertiary/aromatic N) is 1. The van der Waals surface area contributed by atoms with Gasteiger partial charge >= 0.3 is 5.97 Å². The number of benzene rings is 3. The molecule has 0 spiro atoms. The number of aliphatic hydroxyl groups is 1. The van der Waals surface area contributed by atoms with Gasteiger partial charge in [-0.25, -0.2) is 0 Å². The second-order valence-corrected chi connectivity index (χ2v) is 8.68. The van der Waals surface area contributed by atoms with Gasteiger partial charge in [-0.05, 0) is 49.2 Å². The number of ketones is 1. The van der Waals surface area contributed by atoms with Gasteiger partial charge in [0.1, 0.15) is 5.76 Å². The Labute approximate surface area is 208 Å². The number of esters is 1. The van der Waals surface area contributed by atoms with E-state index in [-0.39, 0.29) is 23.7 Å². The minimum Gasteiger partial charge on any atom is -0.507 e. The van der Waals surface area contributed by atoms with Gasteiger partial charge in [0.25, 0.3) is 11.7 Å². The SMILES string of the molecule is CCOC(=O)Cc1ccc(N2C(=O)C(=O)/C(=C(\O)c3cccc(Cl)c3)C2c2cccc(C)c2)cc1. The van der Waals surface area contributed by atoms with Crippen molar-refractivity contribution in [1.82, 2.24) is 0 Å². The molecule has 0 aliphatic carbocycles. The summed E-state index contributed by atoms with van der Waals surface area (Å²) < 4.78 is 4.99. The number of ether oxygens (including phenoxy) is 1. The first-order valence-corrected chi connectivity index (χ1v) is 11.6. The summed E-state index contributed by atoms with van der Waals surface area (Å²) in [5.74, 6) is -2.18. The standard InChI is InChI=1S/C28H24ClNO5/c1-3-35-23(31)15-18-10-12-22(13-11-18)30-25(19-7-4-6-17(2)14-19)24(27(33)28(30)34)26(32)20-8-5-9-21(29)16-20/h4-14,16,25,32H,3,15H2,1-2H3/b26-24-. The zero-order chi connectivity index (χ0) is 25.1. The predicted octanol–water partition coefficient (Wildman–Crippen LogP) is 5.38. The van der Waals surface area contributed by atoms with E-state index in [0.717, 1.165) is 11.1 Å². The first-order chi connectivity index (χ1) is 16.8. The van der Waals surface area contributed by atoms with Gasteiger partial charge < -0.3 is 9.84 Å². The summed E-state index contributed by atoms with van der Waals surface area (Å²) in [6.07, 6.45) is 0.100. The quantitative estimate of drug-likeness (QED) is 0.217. The van der Waals surface area contributed by atoms with Crippen molar-refractivity contribution in [2.75, 3.05) is 11.5 Å². The lowest BCUT2D eigenvalue weighted by Gasteiger charge is -2.26. The minimum atomic E-state index is -0.843. The molecule has 0 bridgehead atoms. The van der Waals surface area contributed by atoms with Crippen molar-refractivity contribution < 1.29 is 24.2 Å². The summed E-state index contributed by atoms with van der Waals surface area (Å²) in [6.45, 7) is 3.95. The number of aliphatic hydroxyl groups excluding tert-OH is 1. The molecule has 1 saturated heterocycles. The molecule has 1 N–H and O–H groups in total. The number of Topliss-reactive ketones (excluding diaryl/α,β-unsaturated/α-hetero) is 1. The summed E-state index contributed by atoms with van der Waals surface area (Å²) >= 11 is 6.10. The third kappa shape index (κ3) is 4.98. The first-order valence-electron chi connectivity index (χ1n) is 11.2. The van der Waals surface area contributed by atoms with Crippen LogP contribution in [0.3, 0.4) is 0 Å². The summed E-state index contributed by atoms with van der Waals surface area (Å²) in [4.78, 5) is 39.7. The van der Waals surface area contributed by atoms with Crippen molar-refractivity contribution in [2.24, 2.45) is 0 Å². The molecule has 7 heteroatoms. The number of carbonyl (C=O) groups is 3. The Balaban J connectivity index is 1.82. The molecule has 4 rings (SSSR count). The molecule has 3 aromatic rings. The van der Waals surface area contributed by atoms with Crippen LogP contribution in [0.25, 0.3) is 5.76 Å². The van der Waals surface area contributed by atoms with E-state index in [1.165, 1.54) is 4.90 Å². The fourth-order valence-corrected chi connectivity index (χ4v) is 4.39. The second kappa shape index (κ2) is 10.2. The van der Waals surface area contributed by atoms with Crippen LogP contribution in [-0.4, -0.2) is 29.4 Å². The van der Waals surface area contributed by atoms with Crippen LogP contribution in [0.4, 0.5) is 5.69 Å². The van der Waals surface area contributed by atoms with E-state index < -0.39 is 17.7 Å². The molecule has 6 nitrogen and oxygen atoms in total. The van der Waals surface area contributed by atoms with Gasteiger partial charge in [-0.1, -0.05) is 65.7 Å². The molecule has 1 atom stereocenters. The number of aryl methyl sites for hydroxylation is 1. The van der Waals surface area contributed by atoms with Crippen molar-refractivity contribution in [2.45, 2.75) is 26.3 Å². The highest BCUT2D eigenvalue weighted by atomic mass is 35.5. The molecule has 0 aromatic heterocycles. The number of hydrogen-bond acceptors (Lipinski definition) is 5. The fourth-order valence-electron chi connectivity index (χ4n) is 4.20. The Morgan fingerprint density at radius 3 is 2.40 bits per heavy atom. The molecule has 1 heterocycles. The molecule has 35 heavy (non-hydrogen) atoms. The van der Waals surface area contributed by atoms with Crippen LogP contribution in [0.15, 0.2) is 78.4 Å². The van der Waals surface area contributed by atoms with Crippen LogP contribution in [0.1, 0.15) is 35.2 Å². The Hall–Kier alpha value is -3.90. The molecule has 0 saturated carbocycles. The summed E-state index contributed by atoms with van der Waals surface area (Å²) in [5, 5.41) is 11.6. The van der Waals surface area contributed by atoms with E-state index in [1.54, 1.807) is 55.5 Å². The number of rotatable bonds is 6. The number of hydrogen-bond donors (Lipinski definition) is 1. The Kier molecular flexibility index (Phi) is 7.03. The largest absolute Gasteiger partial charge is 0.507 e. The van der Waals surface area contributed by atoms with Crippen LogP contribution in [0.2, 0.25) is 5.02 Å². The first kappa shape index (κ1) is 24.2. The van der Waals surface area contributed by atoms with Crippen LogP contribution >= 0.6 is 11.6 Å². The smallest absolute Gasteiger partial charge is 0.310 e. The predicted molar refractivity (Wildman–Crippen MR) is 134 cm³/mol. The van der Waals surface area contributed by atoms with E-state index in [9.17, 15) is 19.5 Å². The highest BCUT2D eigenvalue weighted by Crippen LogP contribution is 2.42. The molecule has 1 fully saturated rings. The van der Waals surface area contributed by atoms with Crippen molar-refractivity contribution in [3.8, 4) is 0 Å². The summed E-state index contributed by atoms with van der Waals surface area (Å²) in [7, 11) is 0. The zero-order valence-corrected chi connectivity index (χ0v) is 20.1. The van der Waals surface area contributed by atoms with Crippen molar-refractivity contribution >= 4 is 40.7 Å². The number of amides is 1. The average molecular weight is 490 g/mol. The topological polar surface area (TPSA) is 83.9 Å². The van der Waals surface area contributed by atoms with Gasteiger partial charge in [-0.2, -0.15) is 0 Å². The van der Waals surface area contributed by atoms with Crippen LogP contribution in [-0.2, 0) is 25.5 Å². The monoisotopic (exact) mass is 489 g/mol. The van der Waals surface area contributed by atoms with Gasteiger partial charge in [0, 0.05) is 16.3 Å². The van der Waals surface area contributed by atoms with Gasteiger partial charge in [0.15, 0.2) is 0 Å². The van der Waals surface area contributed by atoms with Crippen LogP contribution in [0, 0.1) is 6.92 Å². The second-order valence-electron chi connectivity index (χ2n) is 8.24. The minimum absolute atomic E-state index is 0.0153. The number of anilines is 1. The third-order valence-electron chi connectivity index (χ3n) is 5.77. The number of halogens is 1. The number of carbonyl (C=O) groups excluding carboxylic acids is 3. The molecule has 1 aliphatic rings. The molecule has 1 aliphatic heterocycles. The molecule has 1 unspecified atom stereocenters. The Morgan fingerprint density at radius 2 is 1.74 bits per heavy atom. The van der Waals surface area contributed by atoms with Gasteiger partial charge in [-0.15, -0.1) is 0 Å². The highest BCUT2D eigenvalue weighted by molar-refractivity contribution is 6.51. The molecular weight excluding hydrogens is 466 g/mol. The Bertz CT molecular complexity index is 1330. The maximum atomic E-state index is 13.3. The fraction of sp³-hybridized carbons (Fsp3) is 0.179. The van der Waals surface area contributed by atoms with Gasteiger partial charge in [0.2, 0.25) is 0 Å². The van der Waals surface area contributed by atoms with Crippen molar-refractivity contribution in [1.29, 1.82) is 0 Å². The average Bonchev–Trinajstić information content (AvgIpc) is 3.10. The molecule has 0 radical (unpaired) electrons. The lowest BCUT2D eigenvalue weighted by atomic mass is 9.94. The van der Waals surface area contributed by atoms with E-state index in [1.807, 2.05) is 31.2 Å². The lowest BCUT2D eigenvalue weighted by molar-refractivity contribution is -0.142. The van der Waals surface area contributed by atoms with E-state index in [2.05, 4.69) is 0 Å². The zero-order valence-electron chi connectivity index (χ0n) is 19.3. The van der Waals surface area contributed by atoms with E-state index >= 15 is 0 Å². The maximum Gasteiger partial charge on any atom is 0.310 e. The lowest BCUT2D eigenvalue weighted by Crippen LogP contribution is -2.29. The van der Waals surface area contributed by atoms with Crippen LogP contribution in [0.5, 0.6) is 0 Å². The molecular formula is C28H24ClNO5. The normalized spacial score (nSPS) is 17.0. The van der Waals surface area contributed by atoms with Crippen molar-refractivity contribution in [3.05, 3.63) is 106 Å². The highest BCUT2D eigenvalue weighted by Gasteiger charge is 2.47. The van der Waals surface area contributed by atoms with E-state index in [0.29, 0.717) is 28.4 Å². The van der Waals surface area contributed by atoms with Gasteiger partial charge in [-0.3, -0.25) is 19.3 Å². The Morgan fingerprint density at radius 1 is 1.03 bits per heavy atom. The molecule has 3 aromatic carbocycles. The molecule has 178 valence electrons. The third-order valence-corrected chi connectivity index (χ3v) is 6.00. The van der Waals surface area contributed by atoms with E-state index in [4.69, 9.17) is 16.3 Å². The summed E-state index contributed by atoms with van der Waals surface area (Å²) in [6, 6.07) is 19.9. The molecule has 1 amide bonds.